The minimum atomic E-state index is -0.453. The van der Waals surface area contributed by atoms with Crippen LogP contribution in [-0.4, -0.2) is 4.92 Å². The third-order valence-electron chi connectivity index (χ3n) is 2.60. The summed E-state index contributed by atoms with van der Waals surface area (Å²) in [6.07, 6.45) is 0. The lowest BCUT2D eigenvalue weighted by Crippen LogP contribution is -1.98. The minimum Gasteiger partial charge on any atom is -0.489 e. The average molecular weight is 333 g/mol. The Hall–Kier alpha value is -2.39. The second-order valence-electron chi connectivity index (χ2n) is 3.96. The summed E-state index contributed by atoms with van der Waals surface area (Å²) >= 11 is 3.28. The van der Waals surface area contributed by atoms with Gasteiger partial charge in [-0.3, -0.25) is 10.1 Å². The highest BCUT2D eigenvalue weighted by Gasteiger charge is 2.09. The molecule has 0 radical (unpaired) electrons. The molecule has 0 atom stereocenters. The summed E-state index contributed by atoms with van der Waals surface area (Å²) < 4.78 is 6.18. The third kappa shape index (κ3) is 3.33. The number of hydrogen-bond donors (Lipinski definition) is 0. The molecule has 5 nitrogen and oxygen atoms in total. The van der Waals surface area contributed by atoms with Crippen LogP contribution in [0.5, 0.6) is 5.75 Å². The van der Waals surface area contributed by atoms with Crippen molar-refractivity contribution in [2.75, 3.05) is 0 Å². The van der Waals surface area contributed by atoms with Crippen molar-refractivity contribution in [2.45, 2.75) is 6.61 Å². The molecule has 2 aromatic rings. The van der Waals surface area contributed by atoms with Gasteiger partial charge in [-0.2, -0.15) is 5.26 Å². The van der Waals surface area contributed by atoms with E-state index in [9.17, 15) is 10.1 Å². The van der Waals surface area contributed by atoms with E-state index in [1.54, 1.807) is 30.3 Å². The molecule has 100 valence electrons. The number of benzene rings is 2. The Bertz CT molecular complexity index is 695. The fourth-order valence-corrected chi connectivity index (χ4v) is 2.06. The highest BCUT2D eigenvalue weighted by Crippen LogP contribution is 2.24. The predicted molar refractivity (Wildman–Crippen MR) is 76.3 cm³/mol. The molecule has 0 fully saturated rings. The van der Waals surface area contributed by atoms with Crippen LogP contribution in [-0.2, 0) is 6.61 Å². The van der Waals surface area contributed by atoms with Crippen molar-refractivity contribution in [2.24, 2.45) is 0 Å². The van der Waals surface area contributed by atoms with Gasteiger partial charge in [0.2, 0.25) is 0 Å². The summed E-state index contributed by atoms with van der Waals surface area (Å²) in [4.78, 5) is 10.2. The molecule has 0 unspecified atom stereocenters. The quantitative estimate of drug-likeness (QED) is 0.630. The van der Waals surface area contributed by atoms with Gasteiger partial charge in [0.25, 0.3) is 5.69 Å². The van der Waals surface area contributed by atoms with Crippen LogP contribution in [0.1, 0.15) is 11.1 Å². The van der Waals surface area contributed by atoms with E-state index in [0.717, 1.165) is 5.56 Å². The minimum absolute atomic E-state index is 0.0205. The van der Waals surface area contributed by atoms with Gasteiger partial charge in [-0.15, -0.1) is 0 Å². The number of nitrogens with zero attached hydrogens (tertiary/aromatic N) is 2. The Morgan fingerprint density at radius 2 is 2.10 bits per heavy atom. The molecule has 2 aromatic carbocycles. The van der Waals surface area contributed by atoms with E-state index in [-0.39, 0.29) is 12.3 Å². The smallest absolute Gasteiger partial charge is 0.270 e. The molecular formula is C14H9BrN2O3. The Balaban J connectivity index is 2.11. The molecule has 2 rings (SSSR count). The Labute approximate surface area is 123 Å². The monoisotopic (exact) mass is 332 g/mol. The van der Waals surface area contributed by atoms with E-state index < -0.39 is 4.92 Å². The van der Waals surface area contributed by atoms with E-state index in [4.69, 9.17) is 10.00 Å². The fourth-order valence-electron chi connectivity index (χ4n) is 1.58. The van der Waals surface area contributed by atoms with Crippen LogP contribution in [0.15, 0.2) is 46.9 Å². The second kappa shape index (κ2) is 6.17. The maximum absolute atomic E-state index is 10.6. The van der Waals surface area contributed by atoms with E-state index >= 15 is 0 Å². The molecule has 6 heteroatoms. The maximum atomic E-state index is 10.6. The normalized spacial score (nSPS) is 9.80. The molecular weight excluding hydrogens is 324 g/mol. The zero-order valence-corrected chi connectivity index (χ0v) is 11.8. The summed E-state index contributed by atoms with van der Waals surface area (Å²) in [7, 11) is 0. The number of nitro groups is 1. The lowest BCUT2D eigenvalue weighted by atomic mass is 10.2. The predicted octanol–water partition coefficient (Wildman–Crippen LogP) is 3.81. The van der Waals surface area contributed by atoms with Gasteiger partial charge >= 0.3 is 0 Å². The van der Waals surface area contributed by atoms with Crippen molar-refractivity contribution in [3.63, 3.8) is 0 Å². The fraction of sp³-hybridized carbons (Fsp3) is 0.0714. The molecule has 0 aliphatic rings. The maximum Gasteiger partial charge on any atom is 0.270 e. The van der Waals surface area contributed by atoms with E-state index in [2.05, 4.69) is 15.9 Å². The Morgan fingerprint density at radius 1 is 1.30 bits per heavy atom. The molecule has 0 aliphatic heterocycles. The van der Waals surface area contributed by atoms with Crippen molar-refractivity contribution >= 4 is 21.6 Å². The summed E-state index contributed by atoms with van der Waals surface area (Å²) in [6.45, 7) is 0.257. The zero-order chi connectivity index (χ0) is 14.5. The summed E-state index contributed by atoms with van der Waals surface area (Å²) in [5.41, 5.74) is 1.33. The van der Waals surface area contributed by atoms with Gasteiger partial charge in [0.05, 0.1) is 16.6 Å². The van der Waals surface area contributed by atoms with E-state index in [1.807, 2.05) is 6.07 Å². The van der Waals surface area contributed by atoms with Crippen LogP contribution >= 0.6 is 15.9 Å². The first-order valence-corrected chi connectivity index (χ1v) is 6.45. The number of halogens is 1. The SMILES string of the molecule is N#Cc1cccc(OCc2ccc([N+](=O)[O-])cc2Br)c1. The highest BCUT2D eigenvalue weighted by atomic mass is 79.9. The van der Waals surface area contributed by atoms with Crippen LogP contribution in [0.3, 0.4) is 0 Å². The van der Waals surface area contributed by atoms with Gasteiger partial charge < -0.3 is 4.74 Å². The largest absolute Gasteiger partial charge is 0.489 e. The summed E-state index contributed by atoms with van der Waals surface area (Å²) in [5, 5.41) is 19.4. The number of non-ortho nitro benzene ring substituents is 1. The average Bonchev–Trinajstić information content (AvgIpc) is 2.46. The zero-order valence-electron chi connectivity index (χ0n) is 10.2. The Kier molecular flexibility index (Phi) is 4.33. The van der Waals surface area contributed by atoms with Crippen LogP contribution in [0.2, 0.25) is 0 Å². The molecule has 0 saturated carbocycles. The van der Waals surface area contributed by atoms with Crippen molar-refractivity contribution in [3.8, 4) is 11.8 Å². The van der Waals surface area contributed by atoms with Gasteiger partial charge in [0.15, 0.2) is 0 Å². The number of rotatable bonds is 4. The first kappa shape index (κ1) is 14.0. The number of nitro benzene ring substituents is 1. The van der Waals surface area contributed by atoms with Gasteiger partial charge in [0.1, 0.15) is 12.4 Å². The van der Waals surface area contributed by atoms with Gasteiger partial charge in [-0.1, -0.05) is 22.0 Å². The molecule has 0 saturated heterocycles. The van der Waals surface area contributed by atoms with Crippen molar-refractivity contribution < 1.29 is 9.66 Å². The summed E-state index contributed by atoms with van der Waals surface area (Å²) in [5.74, 6) is 0.578. The third-order valence-corrected chi connectivity index (χ3v) is 3.34. The van der Waals surface area contributed by atoms with Crippen LogP contribution in [0, 0.1) is 21.4 Å². The number of hydrogen-bond acceptors (Lipinski definition) is 4. The molecule has 0 aliphatic carbocycles. The van der Waals surface area contributed by atoms with Gasteiger partial charge in [-0.25, -0.2) is 0 Å². The second-order valence-corrected chi connectivity index (χ2v) is 4.82. The van der Waals surface area contributed by atoms with Crippen LogP contribution in [0.4, 0.5) is 5.69 Å². The molecule has 0 N–H and O–H groups in total. The molecule has 0 amide bonds. The van der Waals surface area contributed by atoms with E-state index in [0.29, 0.717) is 15.8 Å². The molecule has 20 heavy (non-hydrogen) atoms. The van der Waals surface area contributed by atoms with Gasteiger partial charge in [0, 0.05) is 22.2 Å². The lowest BCUT2D eigenvalue weighted by molar-refractivity contribution is -0.384. The van der Waals surface area contributed by atoms with Crippen molar-refractivity contribution in [3.05, 3.63) is 68.2 Å². The standard InChI is InChI=1S/C14H9BrN2O3/c15-14-7-12(17(18)19)5-4-11(14)9-20-13-3-1-2-10(6-13)8-16/h1-7H,9H2. The van der Waals surface area contributed by atoms with Gasteiger partial charge in [-0.05, 0) is 24.3 Å². The van der Waals surface area contributed by atoms with Crippen LogP contribution in [0.25, 0.3) is 0 Å². The molecule has 0 spiro atoms. The van der Waals surface area contributed by atoms with Crippen molar-refractivity contribution in [1.82, 2.24) is 0 Å². The summed E-state index contributed by atoms with van der Waals surface area (Å²) in [6, 6.07) is 13.3. The first-order chi connectivity index (χ1) is 9.60. The van der Waals surface area contributed by atoms with Crippen molar-refractivity contribution in [1.29, 1.82) is 5.26 Å². The molecule has 0 aromatic heterocycles. The molecule has 0 bridgehead atoms. The highest BCUT2D eigenvalue weighted by molar-refractivity contribution is 9.10. The number of nitriles is 1. The number of ether oxygens (including phenoxy) is 1. The molecule has 0 heterocycles. The lowest BCUT2D eigenvalue weighted by Gasteiger charge is -2.08. The topological polar surface area (TPSA) is 76.2 Å². The van der Waals surface area contributed by atoms with E-state index in [1.165, 1.54) is 12.1 Å². The first-order valence-electron chi connectivity index (χ1n) is 5.66. The Morgan fingerprint density at radius 3 is 2.75 bits per heavy atom. The van der Waals surface area contributed by atoms with Crippen LogP contribution < -0.4 is 4.74 Å².